The maximum Gasteiger partial charge on any atom is 0.259 e. The van der Waals surface area contributed by atoms with Gasteiger partial charge in [0, 0.05) is 24.2 Å². The van der Waals surface area contributed by atoms with Gasteiger partial charge in [-0.25, -0.2) is 13.4 Å². The molecule has 1 aliphatic rings. The molecule has 3 aromatic rings. The summed E-state index contributed by atoms with van der Waals surface area (Å²) in [5.74, 6) is 0.487. The first-order chi connectivity index (χ1) is 14.0. The fourth-order valence-electron chi connectivity index (χ4n) is 3.55. The summed E-state index contributed by atoms with van der Waals surface area (Å²) in [5.41, 5.74) is 1.93. The lowest BCUT2D eigenvalue weighted by atomic mass is 10.1. The highest BCUT2D eigenvalue weighted by molar-refractivity contribution is 7.91. The van der Waals surface area contributed by atoms with Crippen LogP contribution in [0.4, 0.5) is 11.5 Å². The quantitative estimate of drug-likeness (QED) is 0.692. The summed E-state index contributed by atoms with van der Waals surface area (Å²) in [6.45, 7) is 3.38. The van der Waals surface area contributed by atoms with Gasteiger partial charge in [0.2, 0.25) is 0 Å². The fraction of sp³-hybridized carbons (Fsp3) is 0.273. The molecule has 2 heterocycles. The maximum atomic E-state index is 13.1. The highest BCUT2D eigenvalue weighted by Crippen LogP contribution is 2.27. The second-order valence-electron chi connectivity index (χ2n) is 7.13. The molecule has 0 saturated carbocycles. The molecule has 1 N–H and O–H groups in total. The molecule has 0 aliphatic carbocycles. The van der Waals surface area contributed by atoms with Crippen molar-refractivity contribution in [3.8, 4) is 0 Å². The van der Waals surface area contributed by atoms with E-state index in [4.69, 9.17) is 4.98 Å². The zero-order valence-corrected chi connectivity index (χ0v) is 17.1. The van der Waals surface area contributed by atoms with Crippen molar-refractivity contribution < 1.29 is 13.2 Å². The van der Waals surface area contributed by atoms with Crippen LogP contribution in [0.5, 0.6) is 0 Å². The second kappa shape index (κ2) is 7.83. The summed E-state index contributed by atoms with van der Waals surface area (Å²) in [5, 5.41) is 3.79. The molecule has 0 spiro atoms. The van der Waals surface area contributed by atoms with Gasteiger partial charge in [0.1, 0.15) is 5.82 Å². The molecule has 0 atom stereocenters. The van der Waals surface area contributed by atoms with Gasteiger partial charge in [-0.05, 0) is 49.2 Å². The molecule has 150 valence electrons. The molecule has 29 heavy (non-hydrogen) atoms. The molecule has 1 saturated heterocycles. The fourth-order valence-corrected chi connectivity index (χ4v) is 4.44. The number of anilines is 2. The average molecular weight is 410 g/mol. The van der Waals surface area contributed by atoms with E-state index in [2.05, 4.69) is 10.2 Å². The number of hydrogen-bond acceptors (Lipinski definition) is 5. The van der Waals surface area contributed by atoms with Crippen molar-refractivity contribution in [1.29, 1.82) is 0 Å². The largest absolute Gasteiger partial charge is 0.356 e. The Kier molecular flexibility index (Phi) is 5.24. The van der Waals surface area contributed by atoms with Crippen LogP contribution in [0, 0.1) is 0 Å². The van der Waals surface area contributed by atoms with E-state index in [0.717, 1.165) is 36.8 Å². The Morgan fingerprint density at radius 3 is 2.45 bits per heavy atom. The van der Waals surface area contributed by atoms with Crippen molar-refractivity contribution in [2.24, 2.45) is 0 Å². The Bertz CT molecular complexity index is 1150. The summed E-state index contributed by atoms with van der Waals surface area (Å²) in [4.78, 5) is 20.2. The van der Waals surface area contributed by atoms with Gasteiger partial charge < -0.3 is 10.2 Å². The van der Waals surface area contributed by atoms with Crippen molar-refractivity contribution >= 4 is 38.2 Å². The van der Waals surface area contributed by atoms with Gasteiger partial charge in [0.25, 0.3) is 5.91 Å². The van der Waals surface area contributed by atoms with Gasteiger partial charge in [0.05, 0.1) is 21.7 Å². The Hall–Kier alpha value is -2.93. The predicted molar refractivity (Wildman–Crippen MR) is 115 cm³/mol. The number of rotatable bonds is 5. The van der Waals surface area contributed by atoms with Gasteiger partial charge in [-0.2, -0.15) is 0 Å². The SMILES string of the molecule is CCS(=O)(=O)c1ccc(NC(=O)c2cc3ccccc3nc2N2CCCC2)cc1. The van der Waals surface area contributed by atoms with Crippen LogP contribution in [0.25, 0.3) is 10.9 Å². The summed E-state index contributed by atoms with van der Waals surface area (Å²) >= 11 is 0. The van der Waals surface area contributed by atoms with E-state index in [9.17, 15) is 13.2 Å². The summed E-state index contributed by atoms with van der Waals surface area (Å²) < 4.78 is 23.9. The molecular weight excluding hydrogens is 386 g/mol. The maximum absolute atomic E-state index is 13.1. The van der Waals surface area contributed by atoms with E-state index >= 15 is 0 Å². The zero-order valence-electron chi connectivity index (χ0n) is 16.3. The van der Waals surface area contributed by atoms with Crippen LogP contribution in [0.3, 0.4) is 0 Å². The molecule has 1 amide bonds. The normalized spacial score (nSPS) is 14.3. The lowest BCUT2D eigenvalue weighted by Gasteiger charge is -2.20. The van der Waals surface area contributed by atoms with Crippen molar-refractivity contribution in [2.75, 3.05) is 29.1 Å². The Labute approximate surface area is 170 Å². The van der Waals surface area contributed by atoms with Crippen LogP contribution in [0.1, 0.15) is 30.1 Å². The first-order valence-corrected chi connectivity index (χ1v) is 11.4. The highest BCUT2D eigenvalue weighted by atomic mass is 32.2. The van der Waals surface area contributed by atoms with E-state index in [1.165, 1.54) is 12.1 Å². The lowest BCUT2D eigenvalue weighted by Crippen LogP contribution is -2.24. The molecular formula is C22H23N3O3S. The van der Waals surface area contributed by atoms with Gasteiger partial charge in [0.15, 0.2) is 9.84 Å². The minimum absolute atomic E-state index is 0.0423. The van der Waals surface area contributed by atoms with Crippen LogP contribution >= 0.6 is 0 Å². The number of amides is 1. The molecule has 1 aliphatic heterocycles. The van der Waals surface area contributed by atoms with Crippen LogP contribution in [-0.4, -0.2) is 38.2 Å². The van der Waals surface area contributed by atoms with Crippen LogP contribution in [0.2, 0.25) is 0 Å². The van der Waals surface area contributed by atoms with E-state index in [0.29, 0.717) is 17.1 Å². The van der Waals surface area contributed by atoms with Gasteiger partial charge >= 0.3 is 0 Å². The molecule has 2 aromatic carbocycles. The number of sulfone groups is 1. The molecule has 4 rings (SSSR count). The minimum atomic E-state index is -3.27. The minimum Gasteiger partial charge on any atom is -0.356 e. The standard InChI is InChI=1S/C22H23N3O3S/c1-2-29(27,28)18-11-9-17(10-12-18)23-22(26)19-15-16-7-3-4-8-20(16)24-21(19)25-13-5-6-14-25/h3-4,7-12,15H,2,5-6,13-14H2,1H3,(H,23,26). The molecule has 0 unspecified atom stereocenters. The van der Waals surface area contributed by atoms with Crippen molar-refractivity contribution in [2.45, 2.75) is 24.7 Å². The second-order valence-corrected chi connectivity index (χ2v) is 9.41. The first kappa shape index (κ1) is 19.4. The van der Waals surface area contributed by atoms with E-state index in [1.807, 2.05) is 30.3 Å². The van der Waals surface area contributed by atoms with Gasteiger partial charge in [-0.1, -0.05) is 25.1 Å². The number of fused-ring (bicyclic) bond motifs is 1. The zero-order chi connectivity index (χ0) is 20.4. The number of hydrogen-bond donors (Lipinski definition) is 1. The molecule has 0 radical (unpaired) electrons. The molecule has 7 heteroatoms. The molecule has 1 aromatic heterocycles. The third kappa shape index (κ3) is 3.96. The summed E-state index contributed by atoms with van der Waals surface area (Å²) in [6, 6.07) is 15.9. The number of nitrogens with one attached hydrogen (secondary N) is 1. The smallest absolute Gasteiger partial charge is 0.259 e. The predicted octanol–water partition coefficient (Wildman–Crippen LogP) is 3.88. The number of pyridine rings is 1. The molecule has 6 nitrogen and oxygen atoms in total. The van der Waals surface area contributed by atoms with Crippen LogP contribution in [0.15, 0.2) is 59.5 Å². The number of nitrogens with zero attached hydrogens (tertiary/aromatic N) is 2. The van der Waals surface area contributed by atoms with Crippen LogP contribution < -0.4 is 10.2 Å². The third-order valence-corrected chi connectivity index (χ3v) is 6.96. The Morgan fingerprint density at radius 2 is 1.76 bits per heavy atom. The van der Waals surface area contributed by atoms with Gasteiger partial charge in [-0.3, -0.25) is 4.79 Å². The monoisotopic (exact) mass is 409 g/mol. The lowest BCUT2D eigenvalue weighted by molar-refractivity contribution is 0.102. The number of carbonyl (C=O) groups is 1. The number of para-hydroxylation sites is 1. The number of aromatic nitrogens is 1. The van der Waals surface area contributed by atoms with E-state index in [1.54, 1.807) is 19.1 Å². The average Bonchev–Trinajstić information content (AvgIpc) is 3.28. The van der Waals surface area contributed by atoms with Crippen molar-refractivity contribution in [3.05, 3.63) is 60.2 Å². The van der Waals surface area contributed by atoms with E-state index in [-0.39, 0.29) is 16.6 Å². The van der Waals surface area contributed by atoms with Crippen molar-refractivity contribution in [1.82, 2.24) is 4.98 Å². The summed E-state index contributed by atoms with van der Waals surface area (Å²) in [7, 11) is -3.27. The van der Waals surface area contributed by atoms with Gasteiger partial charge in [-0.15, -0.1) is 0 Å². The van der Waals surface area contributed by atoms with Crippen LogP contribution in [-0.2, 0) is 9.84 Å². The Morgan fingerprint density at radius 1 is 1.07 bits per heavy atom. The Balaban J connectivity index is 1.66. The number of benzene rings is 2. The molecule has 1 fully saturated rings. The first-order valence-electron chi connectivity index (χ1n) is 9.77. The highest BCUT2D eigenvalue weighted by Gasteiger charge is 2.22. The van der Waals surface area contributed by atoms with Crippen molar-refractivity contribution in [3.63, 3.8) is 0 Å². The van der Waals surface area contributed by atoms with E-state index < -0.39 is 9.84 Å². The number of carbonyl (C=O) groups excluding carboxylic acids is 1. The molecule has 0 bridgehead atoms. The third-order valence-electron chi connectivity index (χ3n) is 5.21. The summed E-state index contributed by atoms with van der Waals surface area (Å²) in [6.07, 6.45) is 2.17. The topological polar surface area (TPSA) is 79.4 Å².